The van der Waals surface area contributed by atoms with E-state index in [-0.39, 0.29) is 24.9 Å². The number of nitrogens with zero attached hydrogens (tertiary/aromatic N) is 3. The summed E-state index contributed by atoms with van der Waals surface area (Å²) >= 11 is 1.35. The van der Waals surface area contributed by atoms with E-state index >= 15 is 0 Å². The topological polar surface area (TPSA) is 113 Å². The largest absolute Gasteiger partial charge is 0.338 e. The fourth-order valence-corrected chi connectivity index (χ4v) is 1.91. The number of nitrogen functional groups attached to an aromatic ring is 1. The van der Waals surface area contributed by atoms with Crippen LogP contribution in [0, 0.1) is 0 Å². The molecule has 4 N–H and O–H groups in total. The lowest BCUT2D eigenvalue weighted by molar-refractivity contribution is -0.130. The van der Waals surface area contributed by atoms with Crippen molar-refractivity contribution in [2.75, 3.05) is 29.7 Å². The number of amides is 2. The monoisotopic (exact) mass is 268 g/mol. The molecule has 2 heterocycles. The van der Waals surface area contributed by atoms with E-state index in [2.05, 4.69) is 20.7 Å². The van der Waals surface area contributed by atoms with Gasteiger partial charge in [0.1, 0.15) is 11.6 Å². The quantitative estimate of drug-likeness (QED) is 0.209. The van der Waals surface area contributed by atoms with Crippen LogP contribution in [0.4, 0.5) is 11.6 Å². The number of hydrogen-bond acceptors (Lipinski definition) is 8. The maximum Gasteiger partial charge on any atom is 0.246 e. The van der Waals surface area contributed by atoms with Crippen LogP contribution in [-0.2, 0) is 9.59 Å². The van der Waals surface area contributed by atoms with Crippen molar-refractivity contribution >= 4 is 35.2 Å². The molecule has 0 aromatic carbocycles. The highest BCUT2D eigenvalue weighted by molar-refractivity contribution is 7.98. The summed E-state index contributed by atoms with van der Waals surface area (Å²) in [7, 11) is 0. The van der Waals surface area contributed by atoms with Gasteiger partial charge >= 0.3 is 0 Å². The molecule has 18 heavy (non-hydrogen) atoms. The predicted molar refractivity (Wildman–Crippen MR) is 67.0 cm³/mol. The van der Waals surface area contributed by atoms with Crippen molar-refractivity contribution in [1.82, 2.24) is 15.3 Å². The number of thioether (sulfide) groups is 1. The first-order valence-corrected chi connectivity index (χ1v) is 6.32. The van der Waals surface area contributed by atoms with Gasteiger partial charge in [0.25, 0.3) is 0 Å². The third-order valence-corrected chi connectivity index (χ3v) is 2.84. The second-order valence-corrected chi connectivity index (χ2v) is 4.34. The van der Waals surface area contributed by atoms with Gasteiger partial charge in [0.05, 0.1) is 13.1 Å². The number of piperazine rings is 1. The number of nitrogens with two attached hydrogens (primary N) is 1. The molecular weight excluding hydrogens is 256 g/mol. The van der Waals surface area contributed by atoms with Crippen molar-refractivity contribution in [2.24, 2.45) is 5.84 Å². The molecule has 0 radical (unpaired) electrons. The highest BCUT2D eigenvalue weighted by atomic mass is 32.2. The molecule has 2 amide bonds. The van der Waals surface area contributed by atoms with E-state index in [1.807, 2.05) is 6.26 Å². The van der Waals surface area contributed by atoms with Gasteiger partial charge in [0.15, 0.2) is 5.16 Å². The second kappa shape index (κ2) is 5.19. The van der Waals surface area contributed by atoms with Crippen LogP contribution in [0.25, 0.3) is 0 Å². The minimum absolute atomic E-state index is 0.0839. The maximum atomic E-state index is 11.3. The summed E-state index contributed by atoms with van der Waals surface area (Å²) in [5, 5.41) is 2.74. The Hall–Kier alpha value is -1.87. The van der Waals surface area contributed by atoms with Crippen molar-refractivity contribution in [1.29, 1.82) is 0 Å². The summed E-state index contributed by atoms with van der Waals surface area (Å²) < 4.78 is 0. The standard InChI is InChI=1S/C9H12N6O2S/c1-18-9-11-5(14-10)2-6(12-9)15-3-7(16)13-8(17)4-15/h2H,3-4,10H2,1H3,(H,11,12,14)(H,13,16,17). The number of anilines is 2. The third-order valence-electron chi connectivity index (χ3n) is 2.29. The highest BCUT2D eigenvalue weighted by Gasteiger charge is 2.24. The van der Waals surface area contributed by atoms with Gasteiger partial charge in [0.2, 0.25) is 11.8 Å². The summed E-state index contributed by atoms with van der Waals surface area (Å²) in [5.74, 6) is 5.54. The molecule has 0 unspecified atom stereocenters. The number of rotatable bonds is 3. The maximum absolute atomic E-state index is 11.3. The first-order chi connectivity index (χ1) is 8.62. The van der Waals surface area contributed by atoms with Gasteiger partial charge in [0, 0.05) is 6.07 Å². The lowest BCUT2D eigenvalue weighted by Crippen LogP contribution is -2.51. The van der Waals surface area contributed by atoms with Gasteiger partial charge in [-0.1, -0.05) is 11.8 Å². The Kier molecular flexibility index (Phi) is 3.63. The summed E-state index contributed by atoms with van der Waals surface area (Å²) in [6.45, 7) is 0.168. The molecule has 96 valence electrons. The van der Waals surface area contributed by atoms with Gasteiger partial charge in [-0.05, 0) is 6.26 Å². The highest BCUT2D eigenvalue weighted by Crippen LogP contribution is 2.20. The van der Waals surface area contributed by atoms with Gasteiger partial charge in [-0.25, -0.2) is 15.8 Å². The lowest BCUT2D eigenvalue weighted by atomic mass is 10.3. The smallest absolute Gasteiger partial charge is 0.246 e. The van der Waals surface area contributed by atoms with Crippen LogP contribution in [0.5, 0.6) is 0 Å². The molecule has 0 aliphatic carbocycles. The molecule has 0 saturated carbocycles. The van der Waals surface area contributed by atoms with E-state index in [0.717, 1.165) is 0 Å². The Bertz CT molecular complexity index is 456. The van der Waals surface area contributed by atoms with E-state index in [4.69, 9.17) is 5.84 Å². The number of carbonyl (C=O) groups excluding carboxylic acids is 2. The first kappa shape index (κ1) is 12.6. The van der Waals surface area contributed by atoms with E-state index in [1.54, 1.807) is 11.0 Å². The lowest BCUT2D eigenvalue weighted by Gasteiger charge is -2.26. The summed E-state index contributed by atoms with van der Waals surface area (Å²) in [4.78, 5) is 32.5. The number of carbonyl (C=O) groups is 2. The van der Waals surface area contributed by atoms with Crippen LogP contribution >= 0.6 is 11.8 Å². The Labute approximate surface area is 107 Å². The average Bonchev–Trinajstić information content (AvgIpc) is 2.37. The summed E-state index contributed by atoms with van der Waals surface area (Å²) in [6.07, 6.45) is 1.83. The summed E-state index contributed by atoms with van der Waals surface area (Å²) in [5.41, 5.74) is 2.43. The number of hydrogen-bond donors (Lipinski definition) is 3. The van der Waals surface area contributed by atoms with Gasteiger partial charge < -0.3 is 10.3 Å². The van der Waals surface area contributed by atoms with Crippen LogP contribution < -0.4 is 21.5 Å². The molecule has 0 atom stereocenters. The molecule has 1 aromatic heterocycles. The van der Waals surface area contributed by atoms with E-state index < -0.39 is 0 Å². The molecule has 8 nitrogen and oxygen atoms in total. The predicted octanol–water partition coefficient (Wildman–Crippen LogP) is -1.05. The molecular formula is C9H12N6O2S. The number of aromatic nitrogens is 2. The van der Waals surface area contributed by atoms with Gasteiger partial charge in [-0.2, -0.15) is 0 Å². The Balaban J connectivity index is 2.31. The van der Waals surface area contributed by atoms with Crippen LogP contribution in [0.1, 0.15) is 0 Å². The number of nitrogens with one attached hydrogen (secondary N) is 2. The minimum Gasteiger partial charge on any atom is -0.338 e. The van der Waals surface area contributed by atoms with Gasteiger partial charge in [-0.3, -0.25) is 14.9 Å². The Morgan fingerprint density at radius 1 is 1.39 bits per heavy atom. The second-order valence-electron chi connectivity index (χ2n) is 3.57. The fraction of sp³-hybridized carbons (Fsp3) is 0.333. The van der Waals surface area contributed by atoms with Crippen LogP contribution in [0.3, 0.4) is 0 Å². The zero-order valence-electron chi connectivity index (χ0n) is 9.64. The molecule has 0 spiro atoms. The van der Waals surface area contributed by atoms with Gasteiger partial charge in [-0.15, -0.1) is 0 Å². The van der Waals surface area contributed by atoms with Crippen LogP contribution in [0.2, 0.25) is 0 Å². The van der Waals surface area contributed by atoms with Crippen molar-refractivity contribution < 1.29 is 9.59 Å². The third kappa shape index (κ3) is 2.68. The molecule has 9 heteroatoms. The summed E-state index contributed by atoms with van der Waals surface area (Å²) in [6, 6.07) is 1.59. The molecule has 1 aromatic rings. The molecule has 1 aliphatic rings. The fourth-order valence-electron chi connectivity index (χ4n) is 1.54. The number of imide groups is 1. The SMILES string of the molecule is CSc1nc(NN)cc(N2CC(=O)NC(=O)C2)n1. The van der Waals surface area contributed by atoms with Crippen molar-refractivity contribution in [3.05, 3.63) is 6.07 Å². The normalized spacial score (nSPS) is 15.6. The molecule has 1 saturated heterocycles. The van der Waals surface area contributed by atoms with Crippen molar-refractivity contribution in [3.8, 4) is 0 Å². The molecule has 0 bridgehead atoms. The Morgan fingerprint density at radius 3 is 2.61 bits per heavy atom. The minimum atomic E-state index is -0.349. The molecule has 2 rings (SSSR count). The van der Waals surface area contributed by atoms with E-state index in [0.29, 0.717) is 16.8 Å². The average molecular weight is 268 g/mol. The van der Waals surface area contributed by atoms with Crippen LogP contribution in [0.15, 0.2) is 11.2 Å². The van der Waals surface area contributed by atoms with E-state index in [1.165, 1.54) is 11.8 Å². The van der Waals surface area contributed by atoms with Crippen molar-refractivity contribution in [3.63, 3.8) is 0 Å². The zero-order chi connectivity index (χ0) is 13.1. The molecule has 1 aliphatic heterocycles. The Morgan fingerprint density at radius 2 is 2.06 bits per heavy atom. The van der Waals surface area contributed by atoms with E-state index in [9.17, 15) is 9.59 Å². The van der Waals surface area contributed by atoms with Crippen LogP contribution in [-0.4, -0.2) is 41.1 Å². The first-order valence-electron chi connectivity index (χ1n) is 5.09. The zero-order valence-corrected chi connectivity index (χ0v) is 10.5. The van der Waals surface area contributed by atoms with Crippen molar-refractivity contribution in [2.45, 2.75) is 5.16 Å². The molecule has 1 fully saturated rings. The number of hydrazine groups is 1.